The number of nitrogens with zero attached hydrogens (tertiary/aromatic N) is 1. The number of phenolic OH excluding ortho intramolecular Hbond substituents is 1. The predicted molar refractivity (Wildman–Crippen MR) is 68.3 cm³/mol. The van der Waals surface area contributed by atoms with Crippen LogP contribution in [0.3, 0.4) is 0 Å². The second-order valence-electron chi connectivity index (χ2n) is 3.93. The molecule has 0 aliphatic carbocycles. The number of benzene rings is 1. The zero-order chi connectivity index (χ0) is 13.7. The Morgan fingerprint density at radius 1 is 1.21 bits per heavy atom. The number of hydrogen-bond acceptors (Lipinski definition) is 6. The van der Waals surface area contributed by atoms with Gasteiger partial charge in [-0.1, -0.05) is 5.16 Å². The van der Waals surface area contributed by atoms with Crippen molar-refractivity contribution in [3.05, 3.63) is 35.7 Å². The van der Waals surface area contributed by atoms with Gasteiger partial charge in [0.1, 0.15) is 5.76 Å². The van der Waals surface area contributed by atoms with E-state index in [0.29, 0.717) is 24.6 Å². The first-order valence-corrected chi connectivity index (χ1v) is 5.78. The lowest BCUT2D eigenvalue weighted by molar-refractivity contribution is 0.338. The Morgan fingerprint density at radius 2 is 1.89 bits per heavy atom. The van der Waals surface area contributed by atoms with E-state index < -0.39 is 0 Å². The van der Waals surface area contributed by atoms with Crippen molar-refractivity contribution in [3.63, 3.8) is 0 Å². The van der Waals surface area contributed by atoms with Crippen LogP contribution in [0.4, 0.5) is 0 Å². The average molecular weight is 264 g/mol. The zero-order valence-electron chi connectivity index (χ0n) is 10.8. The summed E-state index contributed by atoms with van der Waals surface area (Å²) in [6.45, 7) is 1.17. The molecule has 6 heteroatoms. The average Bonchev–Trinajstić information content (AvgIpc) is 2.93. The van der Waals surface area contributed by atoms with E-state index in [1.807, 2.05) is 0 Å². The Bertz CT molecular complexity index is 500. The zero-order valence-corrected chi connectivity index (χ0v) is 10.8. The minimum atomic E-state index is 0.00369. The first-order chi connectivity index (χ1) is 9.24. The lowest BCUT2D eigenvalue weighted by Gasteiger charge is -2.11. The van der Waals surface area contributed by atoms with Crippen molar-refractivity contribution in [2.24, 2.45) is 0 Å². The molecule has 2 rings (SSSR count). The van der Waals surface area contributed by atoms with Crippen molar-refractivity contribution in [2.45, 2.75) is 13.1 Å². The summed E-state index contributed by atoms with van der Waals surface area (Å²) in [7, 11) is 3.00. The molecular formula is C13H16N2O4. The highest BCUT2D eigenvalue weighted by Crippen LogP contribution is 2.36. The van der Waals surface area contributed by atoms with Gasteiger partial charge in [0.25, 0.3) is 0 Å². The molecule has 0 amide bonds. The summed E-state index contributed by atoms with van der Waals surface area (Å²) in [4.78, 5) is 0. The molecule has 1 heterocycles. The van der Waals surface area contributed by atoms with Gasteiger partial charge in [0.15, 0.2) is 11.5 Å². The SMILES string of the molecule is COc1cc(CNCc2ccno2)cc(OC)c1O. The molecule has 102 valence electrons. The number of ether oxygens (including phenoxy) is 2. The molecule has 0 unspecified atom stereocenters. The minimum Gasteiger partial charge on any atom is -0.502 e. The van der Waals surface area contributed by atoms with E-state index in [1.54, 1.807) is 24.4 Å². The third kappa shape index (κ3) is 3.17. The predicted octanol–water partition coefficient (Wildman–Crippen LogP) is 1.69. The molecule has 0 bridgehead atoms. The van der Waals surface area contributed by atoms with Gasteiger partial charge in [0.2, 0.25) is 5.75 Å². The van der Waals surface area contributed by atoms with E-state index in [1.165, 1.54) is 14.2 Å². The highest BCUT2D eigenvalue weighted by atomic mass is 16.5. The Kier molecular flexibility index (Phi) is 4.25. The van der Waals surface area contributed by atoms with Crippen LogP contribution in [0.25, 0.3) is 0 Å². The van der Waals surface area contributed by atoms with Crippen LogP contribution >= 0.6 is 0 Å². The van der Waals surface area contributed by atoms with Crippen molar-refractivity contribution < 1.29 is 19.1 Å². The van der Waals surface area contributed by atoms with Crippen LogP contribution in [-0.4, -0.2) is 24.5 Å². The topological polar surface area (TPSA) is 76.8 Å². The van der Waals surface area contributed by atoms with Crippen molar-refractivity contribution in [2.75, 3.05) is 14.2 Å². The summed E-state index contributed by atoms with van der Waals surface area (Å²) in [5.41, 5.74) is 0.936. The maximum Gasteiger partial charge on any atom is 0.200 e. The molecule has 0 radical (unpaired) electrons. The molecule has 0 fully saturated rings. The third-order valence-electron chi connectivity index (χ3n) is 2.66. The molecule has 1 aromatic carbocycles. The van der Waals surface area contributed by atoms with Gasteiger partial charge in [-0.15, -0.1) is 0 Å². The normalized spacial score (nSPS) is 10.4. The summed E-state index contributed by atoms with van der Waals surface area (Å²) in [5.74, 6) is 1.54. The molecule has 0 aliphatic heterocycles. The quantitative estimate of drug-likeness (QED) is 0.826. The highest BCUT2D eigenvalue weighted by Gasteiger charge is 2.11. The monoisotopic (exact) mass is 264 g/mol. The molecule has 19 heavy (non-hydrogen) atoms. The number of hydrogen-bond donors (Lipinski definition) is 2. The van der Waals surface area contributed by atoms with Gasteiger partial charge < -0.3 is 24.4 Å². The maximum atomic E-state index is 9.80. The molecule has 0 aliphatic rings. The molecule has 2 aromatic rings. The fraction of sp³-hybridized carbons (Fsp3) is 0.308. The smallest absolute Gasteiger partial charge is 0.200 e. The number of aromatic nitrogens is 1. The van der Waals surface area contributed by atoms with Crippen molar-refractivity contribution in [1.29, 1.82) is 0 Å². The molecule has 1 aromatic heterocycles. The van der Waals surface area contributed by atoms with Gasteiger partial charge >= 0.3 is 0 Å². The lowest BCUT2D eigenvalue weighted by Crippen LogP contribution is -2.12. The van der Waals surface area contributed by atoms with Gasteiger partial charge in [-0.25, -0.2) is 0 Å². The number of phenols is 1. The summed E-state index contributed by atoms with van der Waals surface area (Å²) in [5, 5.41) is 16.6. The minimum absolute atomic E-state index is 0.00369. The lowest BCUT2D eigenvalue weighted by atomic mass is 10.2. The first-order valence-electron chi connectivity index (χ1n) is 5.78. The largest absolute Gasteiger partial charge is 0.502 e. The second-order valence-corrected chi connectivity index (χ2v) is 3.93. The van der Waals surface area contributed by atoms with Crippen molar-refractivity contribution in [1.82, 2.24) is 10.5 Å². The van der Waals surface area contributed by atoms with Crippen molar-refractivity contribution >= 4 is 0 Å². The van der Waals surface area contributed by atoms with E-state index >= 15 is 0 Å². The molecule has 0 saturated carbocycles. The molecular weight excluding hydrogens is 248 g/mol. The van der Waals surface area contributed by atoms with Crippen LogP contribution in [0.1, 0.15) is 11.3 Å². The summed E-state index contributed by atoms with van der Waals surface area (Å²) >= 11 is 0. The van der Waals surface area contributed by atoms with Gasteiger partial charge in [-0.05, 0) is 17.7 Å². The Hall–Kier alpha value is -2.21. The maximum absolute atomic E-state index is 9.80. The fourth-order valence-corrected chi connectivity index (χ4v) is 1.71. The number of nitrogens with one attached hydrogen (secondary N) is 1. The molecule has 2 N–H and O–H groups in total. The van der Waals surface area contributed by atoms with Crippen molar-refractivity contribution in [3.8, 4) is 17.2 Å². The van der Waals surface area contributed by atoms with Crippen LogP contribution < -0.4 is 14.8 Å². The van der Waals surface area contributed by atoms with Crippen LogP contribution in [-0.2, 0) is 13.1 Å². The molecule has 6 nitrogen and oxygen atoms in total. The van der Waals surface area contributed by atoms with E-state index in [9.17, 15) is 5.11 Å². The van der Waals surface area contributed by atoms with Gasteiger partial charge in [0.05, 0.1) is 27.0 Å². The van der Waals surface area contributed by atoms with E-state index in [0.717, 1.165) is 11.3 Å². The molecule has 0 spiro atoms. The molecule has 0 saturated heterocycles. The summed E-state index contributed by atoms with van der Waals surface area (Å²) in [6, 6.07) is 5.31. The van der Waals surface area contributed by atoms with Crippen LogP contribution in [0.5, 0.6) is 17.2 Å². The number of rotatable bonds is 6. The summed E-state index contributed by atoms with van der Waals surface area (Å²) in [6.07, 6.45) is 1.60. The van der Waals surface area contributed by atoms with Crippen LogP contribution in [0.2, 0.25) is 0 Å². The molecule has 0 atom stereocenters. The van der Waals surface area contributed by atoms with E-state index in [2.05, 4.69) is 10.5 Å². The van der Waals surface area contributed by atoms with Crippen LogP contribution in [0.15, 0.2) is 28.9 Å². The highest BCUT2D eigenvalue weighted by molar-refractivity contribution is 5.52. The van der Waals surface area contributed by atoms with Crippen LogP contribution in [0, 0.1) is 0 Å². The number of aromatic hydroxyl groups is 1. The van der Waals surface area contributed by atoms with E-state index in [-0.39, 0.29) is 5.75 Å². The second kappa shape index (κ2) is 6.10. The Labute approximate surface area is 110 Å². The van der Waals surface area contributed by atoms with Gasteiger partial charge in [0, 0.05) is 12.6 Å². The van der Waals surface area contributed by atoms with Gasteiger partial charge in [-0.2, -0.15) is 0 Å². The third-order valence-corrected chi connectivity index (χ3v) is 2.66. The number of methoxy groups -OCH3 is 2. The standard InChI is InChI=1S/C13H16N2O4/c1-17-11-5-9(6-12(18-2)13(11)16)7-14-8-10-3-4-15-19-10/h3-6,14,16H,7-8H2,1-2H3. The summed E-state index contributed by atoms with van der Waals surface area (Å²) < 4.78 is 15.2. The fourth-order valence-electron chi connectivity index (χ4n) is 1.71. The first kappa shape index (κ1) is 13.2. The Morgan fingerprint density at radius 3 is 2.42 bits per heavy atom. The Balaban J connectivity index is 2.03. The van der Waals surface area contributed by atoms with Gasteiger partial charge in [-0.3, -0.25) is 0 Å². The van der Waals surface area contributed by atoms with E-state index in [4.69, 9.17) is 14.0 Å².